The number of hydrogen-bond donors (Lipinski definition) is 0. The lowest BCUT2D eigenvalue weighted by Gasteiger charge is -2.25. The summed E-state index contributed by atoms with van der Waals surface area (Å²) in [4.78, 5) is 0. The van der Waals surface area contributed by atoms with Gasteiger partial charge in [-0.2, -0.15) is 0 Å². The molecule has 0 saturated heterocycles. The minimum atomic E-state index is 0.654. The average Bonchev–Trinajstić information content (AvgIpc) is 3.38. The zero-order valence-corrected chi connectivity index (χ0v) is 13.5. The van der Waals surface area contributed by atoms with Crippen LogP contribution >= 0.6 is 0 Å². The first-order chi connectivity index (χ1) is 11.9. The Kier molecular flexibility index (Phi) is 1.93. The topological polar surface area (TPSA) is 0 Å². The Hall–Kier alpha value is -2.34. The van der Waals surface area contributed by atoms with Crippen LogP contribution in [-0.4, -0.2) is 0 Å². The molecule has 0 aromatic heterocycles. The van der Waals surface area contributed by atoms with E-state index < -0.39 is 0 Å². The number of benzene rings is 3. The van der Waals surface area contributed by atoms with Gasteiger partial charge in [-0.05, 0) is 57.3 Å². The molecule has 0 N–H and O–H groups in total. The molecule has 0 nitrogen and oxygen atoms in total. The molecule has 0 radical (unpaired) electrons. The third kappa shape index (κ3) is 1.20. The number of rotatable bonds is 0. The Morgan fingerprint density at radius 3 is 1.00 bits per heavy atom. The van der Waals surface area contributed by atoms with Crippen molar-refractivity contribution in [3.05, 3.63) is 105 Å². The summed E-state index contributed by atoms with van der Waals surface area (Å²) in [5.74, 6) is 2.61. The van der Waals surface area contributed by atoms with Gasteiger partial charge in [-0.25, -0.2) is 0 Å². The first-order valence-corrected chi connectivity index (χ1v) is 9.25. The molecule has 24 heavy (non-hydrogen) atoms. The summed E-state index contributed by atoms with van der Waals surface area (Å²) in [6.07, 6.45) is 2.61. The Morgan fingerprint density at radius 2 is 0.708 bits per heavy atom. The highest BCUT2D eigenvalue weighted by atomic mass is 14.5. The fourth-order valence-corrected chi connectivity index (χ4v) is 6.32. The summed E-state index contributed by atoms with van der Waals surface area (Å²) in [5.41, 5.74) is 12.9. The second kappa shape index (κ2) is 3.83. The molecule has 7 rings (SSSR count). The van der Waals surface area contributed by atoms with Gasteiger partial charge in [0.25, 0.3) is 0 Å². The van der Waals surface area contributed by atoms with Crippen molar-refractivity contribution in [1.82, 2.24) is 0 Å². The number of fused-ring (bicyclic) bond motifs is 16. The van der Waals surface area contributed by atoms with E-state index in [-0.39, 0.29) is 0 Å². The lowest BCUT2D eigenvalue weighted by molar-refractivity contribution is 0.783. The molecule has 3 aromatic rings. The van der Waals surface area contributed by atoms with Crippen molar-refractivity contribution < 1.29 is 0 Å². The van der Waals surface area contributed by atoms with Gasteiger partial charge in [0.15, 0.2) is 0 Å². The minimum Gasteiger partial charge on any atom is -0.0620 e. The Morgan fingerprint density at radius 1 is 0.417 bits per heavy atom. The Balaban J connectivity index is 1.46. The molecule has 4 aliphatic rings. The Labute approximate surface area is 142 Å². The number of hydrogen-bond acceptors (Lipinski definition) is 0. The van der Waals surface area contributed by atoms with E-state index in [1.807, 2.05) is 0 Å². The molecule has 4 aliphatic carbocycles. The summed E-state index contributed by atoms with van der Waals surface area (Å²) in [6, 6.07) is 23.5. The molecule has 0 fully saturated rings. The highest BCUT2D eigenvalue weighted by Crippen LogP contribution is 2.62. The van der Waals surface area contributed by atoms with Crippen LogP contribution in [0.1, 0.15) is 81.0 Å². The van der Waals surface area contributed by atoms with Crippen LogP contribution in [0.2, 0.25) is 0 Å². The van der Waals surface area contributed by atoms with Crippen molar-refractivity contribution in [1.29, 1.82) is 0 Å². The van der Waals surface area contributed by atoms with Crippen LogP contribution in [0.25, 0.3) is 0 Å². The van der Waals surface area contributed by atoms with Crippen LogP contribution in [-0.2, 0) is 0 Å². The SMILES string of the molecule is c1ccc2c(c1)C1CC2c2cc3c(cc21)C1CC3c2ccccc21. The predicted molar refractivity (Wildman–Crippen MR) is 95.9 cm³/mol. The second-order valence-corrected chi connectivity index (χ2v) is 8.05. The maximum atomic E-state index is 2.60. The van der Waals surface area contributed by atoms with Crippen molar-refractivity contribution >= 4 is 0 Å². The van der Waals surface area contributed by atoms with Gasteiger partial charge in [0, 0.05) is 23.7 Å². The van der Waals surface area contributed by atoms with E-state index in [0.717, 1.165) is 0 Å². The van der Waals surface area contributed by atoms with Gasteiger partial charge in [0.05, 0.1) is 0 Å². The van der Waals surface area contributed by atoms with Gasteiger partial charge in [-0.1, -0.05) is 60.7 Å². The van der Waals surface area contributed by atoms with Gasteiger partial charge in [-0.3, -0.25) is 0 Å². The molecule has 3 aromatic carbocycles. The fraction of sp³-hybridized carbons (Fsp3) is 0.250. The van der Waals surface area contributed by atoms with Crippen LogP contribution in [0.3, 0.4) is 0 Å². The standard InChI is InChI=1S/C24H18/c1-2-6-14-13(5-1)17-9-18(14)22-12-24-20-10-19(23(24)11-21(17)22)15-7-3-4-8-16(15)20/h1-8,11-12,17-20H,9-10H2. The largest absolute Gasteiger partial charge is 0.0620 e. The van der Waals surface area contributed by atoms with Gasteiger partial charge in [0.1, 0.15) is 0 Å². The van der Waals surface area contributed by atoms with Crippen molar-refractivity contribution in [2.75, 3.05) is 0 Å². The van der Waals surface area contributed by atoms with E-state index in [9.17, 15) is 0 Å². The molecule has 4 bridgehead atoms. The van der Waals surface area contributed by atoms with E-state index >= 15 is 0 Å². The van der Waals surface area contributed by atoms with E-state index in [1.165, 1.54) is 12.8 Å². The van der Waals surface area contributed by atoms with Gasteiger partial charge >= 0.3 is 0 Å². The molecular formula is C24H18. The van der Waals surface area contributed by atoms with Crippen LogP contribution in [0.4, 0.5) is 0 Å². The predicted octanol–water partition coefficient (Wildman–Crippen LogP) is 5.65. The lowest BCUT2D eigenvalue weighted by Crippen LogP contribution is -2.08. The van der Waals surface area contributed by atoms with Crippen LogP contribution < -0.4 is 0 Å². The van der Waals surface area contributed by atoms with E-state index in [4.69, 9.17) is 0 Å². The van der Waals surface area contributed by atoms with Gasteiger partial charge in [-0.15, -0.1) is 0 Å². The second-order valence-electron chi connectivity index (χ2n) is 8.05. The summed E-state index contributed by atoms with van der Waals surface area (Å²) in [6.45, 7) is 0. The highest BCUT2D eigenvalue weighted by Gasteiger charge is 2.46. The maximum Gasteiger partial charge on any atom is 0.0104 e. The van der Waals surface area contributed by atoms with Crippen LogP contribution in [0, 0.1) is 0 Å². The molecule has 4 unspecified atom stereocenters. The average molecular weight is 306 g/mol. The van der Waals surface area contributed by atoms with E-state index in [1.54, 1.807) is 44.5 Å². The van der Waals surface area contributed by atoms with Crippen LogP contribution in [0.5, 0.6) is 0 Å². The van der Waals surface area contributed by atoms with E-state index in [0.29, 0.717) is 23.7 Å². The zero-order chi connectivity index (χ0) is 15.4. The van der Waals surface area contributed by atoms with Gasteiger partial charge in [0.2, 0.25) is 0 Å². The third-order valence-electron chi connectivity index (χ3n) is 7.23. The fourth-order valence-electron chi connectivity index (χ4n) is 6.32. The molecule has 114 valence electrons. The van der Waals surface area contributed by atoms with Crippen molar-refractivity contribution in [2.45, 2.75) is 36.5 Å². The molecule has 0 amide bonds. The van der Waals surface area contributed by atoms with Crippen molar-refractivity contribution in [2.24, 2.45) is 0 Å². The minimum absolute atomic E-state index is 0.654. The first-order valence-electron chi connectivity index (χ1n) is 9.25. The summed E-state index contributed by atoms with van der Waals surface area (Å²) < 4.78 is 0. The Bertz CT molecular complexity index is 880. The molecule has 0 aliphatic heterocycles. The third-order valence-corrected chi connectivity index (χ3v) is 7.23. The zero-order valence-electron chi connectivity index (χ0n) is 13.5. The maximum absolute atomic E-state index is 2.60. The molecule has 0 heterocycles. The van der Waals surface area contributed by atoms with Crippen molar-refractivity contribution in [3.8, 4) is 0 Å². The first kappa shape index (κ1) is 12.1. The normalized spacial score (nSPS) is 29.3. The molecular weight excluding hydrogens is 288 g/mol. The smallest absolute Gasteiger partial charge is 0.0104 e. The molecule has 0 saturated carbocycles. The lowest BCUT2D eigenvalue weighted by atomic mass is 9.79. The van der Waals surface area contributed by atoms with Crippen LogP contribution in [0.15, 0.2) is 60.7 Å². The summed E-state index contributed by atoms with van der Waals surface area (Å²) in [5, 5.41) is 0. The highest BCUT2D eigenvalue weighted by molar-refractivity contribution is 5.66. The van der Waals surface area contributed by atoms with Gasteiger partial charge < -0.3 is 0 Å². The molecule has 4 atom stereocenters. The molecule has 0 heteroatoms. The molecule has 0 spiro atoms. The quantitative estimate of drug-likeness (QED) is 0.503. The summed E-state index contributed by atoms with van der Waals surface area (Å²) in [7, 11) is 0. The summed E-state index contributed by atoms with van der Waals surface area (Å²) >= 11 is 0. The monoisotopic (exact) mass is 306 g/mol. The van der Waals surface area contributed by atoms with E-state index in [2.05, 4.69) is 60.7 Å². The van der Waals surface area contributed by atoms with Crippen molar-refractivity contribution in [3.63, 3.8) is 0 Å².